The quantitative estimate of drug-likeness (QED) is 0.934. The number of anilines is 1. The number of aromatic nitrogens is 2. The van der Waals surface area contributed by atoms with Gasteiger partial charge in [-0.3, -0.25) is 14.8 Å². The van der Waals surface area contributed by atoms with E-state index >= 15 is 0 Å². The van der Waals surface area contributed by atoms with Crippen LogP contribution >= 0.6 is 0 Å². The first kappa shape index (κ1) is 15.5. The third kappa shape index (κ3) is 3.42. The molecule has 0 amide bonds. The van der Waals surface area contributed by atoms with Crippen molar-refractivity contribution in [3.8, 4) is 0 Å². The Labute approximate surface area is 143 Å². The third-order valence-corrected chi connectivity index (χ3v) is 5.31. The van der Waals surface area contributed by atoms with Gasteiger partial charge in [0.1, 0.15) is 5.82 Å². The van der Waals surface area contributed by atoms with E-state index in [0.717, 1.165) is 37.7 Å². The van der Waals surface area contributed by atoms with Crippen LogP contribution in [0.15, 0.2) is 42.7 Å². The average Bonchev–Trinajstić information content (AvgIpc) is 2.88. The van der Waals surface area contributed by atoms with Crippen molar-refractivity contribution in [1.82, 2.24) is 19.8 Å². The van der Waals surface area contributed by atoms with Crippen LogP contribution in [0, 0.1) is 5.92 Å². The summed E-state index contributed by atoms with van der Waals surface area (Å²) in [4.78, 5) is 13.9. The van der Waals surface area contributed by atoms with Gasteiger partial charge in [0.2, 0.25) is 0 Å². The van der Waals surface area contributed by atoms with Crippen molar-refractivity contribution in [3.63, 3.8) is 0 Å². The summed E-state index contributed by atoms with van der Waals surface area (Å²) in [5, 5.41) is 0. The van der Waals surface area contributed by atoms with E-state index in [-0.39, 0.29) is 0 Å². The van der Waals surface area contributed by atoms with Crippen LogP contribution < -0.4 is 5.73 Å². The zero-order valence-electron chi connectivity index (χ0n) is 14.0. The number of nitrogens with zero attached hydrogens (tertiary/aromatic N) is 4. The van der Waals surface area contributed by atoms with Crippen molar-refractivity contribution in [2.75, 3.05) is 25.4 Å². The van der Waals surface area contributed by atoms with Crippen LogP contribution in [-0.4, -0.2) is 45.4 Å². The predicted octanol–water partition coefficient (Wildman–Crippen LogP) is 2.16. The first-order chi connectivity index (χ1) is 11.8. The number of piperidine rings is 1. The second-order valence-corrected chi connectivity index (χ2v) is 7.09. The summed E-state index contributed by atoms with van der Waals surface area (Å²) in [5.41, 5.74) is 8.37. The summed E-state index contributed by atoms with van der Waals surface area (Å²) in [5.74, 6) is 1.41. The fraction of sp³-hybridized carbons (Fsp3) is 0.474. The van der Waals surface area contributed by atoms with Gasteiger partial charge in [-0.1, -0.05) is 12.1 Å². The number of hydrogen-bond donors (Lipinski definition) is 1. The number of fused-ring (bicyclic) bond motifs is 4. The maximum absolute atomic E-state index is 6.05. The highest BCUT2D eigenvalue weighted by atomic mass is 15.3. The summed E-state index contributed by atoms with van der Waals surface area (Å²) < 4.78 is 0. The van der Waals surface area contributed by atoms with Gasteiger partial charge in [0.05, 0.1) is 5.69 Å². The summed E-state index contributed by atoms with van der Waals surface area (Å²) in [6.45, 7) is 5.33. The summed E-state index contributed by atoms with van der Waals surface area (Å²) in [6, 6.07) is 10.9. The van der Waals surface area contributed by atoms with Crippen molar-refractivity contribution in [2.45, 2.75) is 32.0 Å². The van der Waals surface area contributed by atoms with Gasteiger partial charge in [0.15, 0.2) is 0 Å². The molecule has 5 rings (SSSR count). The molecule has 2 aromatic rings. The molecular formula is C19H25N5. The molecule has 126 valence electrons. The zero-order valence-corrected chi connectivity index (χ0v) is 14.0. The van der Waals surface area contributed by atoms with Crippen molar-refractivity contribution < 1.29 is 0 Å². The molecule has 0 saturated carbocycles. The van der Waals surface area contributed by atoms with Crippen molar-refractivity contribution in [1.29, 1.82) is 0 Å². The van der Waals surface area contributed by atoms with Crippen LogP contribution in [0.3, 0.4) is 0 Å². The van der Waals surface area contributed by atoms with Crippen LogP contribution in [0.25, 0.3) is 0 Å². The fourth-order valence-corrected chi connectivity index (χ4v) is 4.12. The van der Waals surface area contributed by atoms with E-state index in [4.69, 9.17) is 5.73 Å². The molecule has 3 saturated heterocycles. The highest BCUT2D eigenvalue weighted by Gasteiger charge is 2.34. The lowest BCUT2D eigenvalue weighted by Gasteiger charge is -2.36. The molecule has 5 nitrogen and oxygen atoms in total. The van der Waals surface area contributed by atoms with Gasteiger partial charge in [0, 0.05) is 56.7 Å². The van der Waals surface area contributed by atoms with E-state index in [1.807, 2.05) is 18.3 Å². The van der Waals surface area contributed by atoms with Crippen LogP contribution in [0.5, 0.6) is 0 Å². The van der Waals surface area contributed by atoms with Crippen LogP contribution in [0.4, 0.5) is 5.82 Å². The fourth-order valence-electron chi connectivity index (χ4n) is 4.12. The van der Waals surface area contributed by atoms with Crippen molar-refractivity contribution in [2.24, 2.45) is 5.92 Å². The van der Waals surface area contributed by atoms with E-state index < -0.39 is 0 Å². The Morgan fingerprint density at radius 2 is 1.88 bits per heavy atom. The van der Waals surface area contributed by atoms with Gasteiger partial charge in [-0.25, -0.2) is 4.98 Å². The Hall–Kier alpha value is -1.98. The van der Waals surface area contributed by atoms with E-state index in [1.54, 1.807) is 6.20 Å². The summed E-state index contributed by atoms with van der Waals surface area (Å²) in [7, 11) is 0. The van der Waals surface area contributed by atoms with E-state index in [2.05, 4.69) is 38.0 Å². The van der Waals surface area contributed by atoms with Gasteiger partial charge in [-0.2, -0.15) is 0 Å². The number of rotatable bonds is 4. The SMILES string of the molecule is Nc1ncccc1CN1C[C@H]2CC[C@@H]1CN(Cc1ccccn1)C2. The Morgan fingerprint density at radius 1 is 0.958 bits per heavy atom. The largest absolute Gasteiger partial charge is 0.383 e. The molecule has 0 aromatic carbocycles. The van der Waals surface area contributed by atoms with Crippen LogP contribution in [-0.2, 0) is 13.1 Å². The molecule has 2 bridgehead atoms. The first-order valence-corrected chi connectivity index (χ1v) is 8.83. The number of hydrogen-bond acceptors (Lipinski definition) is 5. The van der Waals surface area contributed by atoms with Crippen LogP contribution in [0.2, 0.25) is 0 Å². The number of nitrogen functional groups attached to an aromatic ring is 1. The Kier molecular flexibility index (Phi) is 4.45. The normalized spacial score (nSPS) is 24.8. The number of nitrogens with two attached hydrogens (primary N) is 1. The minimum absolute atomic E-state index is 0.604. The molecule has 3 fully saturated rings. The molecule has 2 atom stereocenters. The maximum atomic E-state index is 6.05. The molecule has 3 aliphatic heterocycles. The third-order valence-electron chi connectivity index (χ3n) is 5.31. The molecule has 0 radical (unpaired) electrons. The van der Waals surface area contributed by atoms with Crippen molar-refractivity contribution >= 4 is 5.82 Å². The highest BCUT2D eigenvalue weighted by Crippen LogP contribution is 2.30. The standard InChI is InChI=1S/C19H25N5/c20-19-16(4-3-9-22-19)12-24-11-15-6-7-18(24)14-23(10-15)13-17-5-1-2-8-21-17/h1-5,8-9,15,18H,6-7,10-14H2,(H2,20,22)/t15-,18+/m0/s1. The molecule has 0 aliphatic carbocycles. The molecule has 0 spiro atoms. The topological polar surface area (TPSA) is 58.3 Å². The molecule has 5 heterocycles. The molecule has 24 heavy (non-hydrogen) atoms. The molecule has 2 N–H and O–H groups in total. The molecule has 0 unspecified atom stereocenters. The maximum Gasteiger partial charge on any atom is 0.127 e. The Balaban J connectivity index is 1.46. The molecule has 2 aromatic heterocycles. The summed E-state index contributed by atoms with van der Waals surface area (Å²) in [6.07, 6.45) is 6.27. The predicted molar refractivity (Wildman–Crippen MR) is 95.1 cm³/mol. The highest BCUT2D eigenvalue weighted by molar-refractivity contribution is 5.38. The van der Waals surface area contributed by atoms with Crippen molar-refractivity contribution in [3.05, 3.63) is 54.0 Å². The molecule has 5 heteroatoms. The second kappa shape index (κ2) is 6.87. The minimum Gasteiger partial charge on any atom is -0.383 e. The molecule has 3 aliphatic rings. The molecular weight excluding hydrogens is 298 g/mol. The summed E-state index contributed by atoms with van der Waals surface area (Å²) >= 11 is 0. The monoisotopic (exact) mass is 323 g/mol. The Bertz CT molecular complexity index is 674. The van der Waals surface area contributed by atoms with E-state index in [0.29, 0.717) is 11.9 Å². The second-order valence-electron chi connectivity index (χ2n) is 7.09. The average molecular weight is 323 g/mol. The smallest absolute Gasteiger partial charge is 0.127 e. The lowest BCUT2D eigenvalue weighted by atomic mass is 9.94. The van der Waals surface area contributed by atoms with Gasteiger partial charge < -0.3 is 5.73 Å². The van der Waals surface area contributed by atoms with Gasteiger partial charge in [-0.15, -0.1) is 0 Å². The Morgan fingerprint density at radius 3 is 2.71 bits per heavy atom. The van der Waals surface area contributed by atoms with Gasteiger partial charge >= 0.3 is 0 Å². The minimum atomic E-state index is 0.604. The van der Waals surface area contributed by atoms with Gasteiger partial charge in [0.25, 0.3) is 0 Å². The van der Waals surface area contributed by atoms with Crippen LogP contribution in [0.1, 0.15) is 24.1 Å². The zero-order chi connectivity index (χ0) is 16.4. The van der Waals surface area contributed by atoms with Gasteiger partial charge in [-0.05, 0) is 37.0 Å². The number of pyridine rings is 2. The van der Waals surface area contributed by atoms with E-state index in [9.17, 15) is 0 Å². The van der Waals surface area contributed by atoms with E-state index in [1.165, 1.54) is 25.1 Å². The lowest BCUT2D eigenvalue weighted by Crippen LogP contribution is -2.43. The lowest BCUT2D eigenvalue weighted by molar-refractivity contribution is 0.123. The first-order valence-electron chi connectivity index (χ1n) is 8.83.